The number of hydrogen-bond donors (Lipinski definition) is 4. The molecule has 0 fully saturated rings. The summed E-state index contributed by atoms with van der Waals surface area (Å²) in [6.07, 6.45) is -0.0209. The van der Waals surface area contributed by atoms with Crippen molar-refractivity contribution in [3.05, 3.63) is 46.2 Å². The molecule has 0 spiro atoms. The zero-order chi connectivity index (χ0) is 23.7. The number of rotatable bonds is 3. The van der Waals surface area contributed by atoms with Gasteiger partial charge in [0.05, 0.1) is 17.0 Å². The molecule has 0 bridgehead atoms. The SMILES string of the molecule is Cc1c2c(c(O)c3c(O)cccc13)C(=O)[C@]1(O)C(=O)C(C(N)=O)=C(OCl)[C@@H](N(C)C)[C@@H]1C2. The van der Waals surface area contributed by atoms with Crippen LogP contribution in [0.4, 0.5) is 0 Å². The first kappa shape index (κ1) is 22.1. The minimum Gasteiger partial charge on any atom is -0.507 e. The number of nitrogens with two attached hydrogens (primary N) is 1. The van der Waals surface area contributed by atoms with E-state index in [-0.39, 0.29) is 28.9 Å². The summed E-state index contributed by atoms with van der Waals surface area (Å²) in [4.78, 5) is 40.6. The molecule has 0 aliphatic heterocycles. The van der Waals surface area contributed by atoms with E-state index in [0.29, 0.717) is 16.5 Å². The fourth-order valence-electron chi connectivity index (χ4n) is 5.10. The van der Waals surface area contributed by atoms with Crippen LogP contribution in [0.15, 0.2) is 29.5 Å². The zero-order valence-corrected chi connectivity index (χ0v) is 18.2. The summed E-state index contributed by atoms with van der Waals surface area (Å²) in [6, 6.07) is 3.69. The van der Waals surface area contributed by atoms with E-state index in [2.05, 4.69) is 0 Å². The quantitative estimate of drug-likeness (QED) is 0.392. The van der Waals surface area contributed by atoms with E-state index in [9.17, 15) is 29.7 Å². The average Bonchev–Trinajstić information content (AvgIpc) is 2.72. The third kappa shape index (κ3) is 2.62. The number of Topliss-reactive ketones (excluding diaryl/α,β-unsaturated/α-hetero) is 2. The molecule has 0 unspecified atom stereocenters. The summed E-state index contributed by atoms with van der Waals surface area (Å²) in [6.45, 7) is 1.72. The van der Waals surface area contributed by atoms with Gasteiger partial charge in [0, 0.05) is 5.92 Å². The summed E-state index contributed by atoms with van der Waals surface area (Å²) in [7, 11) is 3.22. The molecule has 0 radical (unpaired) electrons. The van der Waals surface area contributed by atoms with E-state index in [4.69, 9.17) is 21.9 Å². The van der Waals surface area contributed by atoms with Crippen molar-refractivity contribution in [2.24, 2.45) is 11.7 Å². The number of aryl methyl sites for hydroxylation is 1. The smallest absolute Gasteiger partial charge is 0.256 e. The van der Waals surface area contributed by atoms with Crippen LogP contribution in [0.25, 0.3) is 10.8 Å². The molecule has 1 amide bonds. The third-order valence-corrected chi connectivity index (χ3v) is 6.73. The van der Waals surface area contributed by atoms with Crippen LogP contribution < -0.4 is 5.73 Å². The summed E-state index contributed by atoms with van der Waals surface area (Å²) < 4.78 is 4.85. The molecule has 168 valence electrons. The summed E-state index contributed by atoms with van der Waals surface area (Å²) in [5, 5.41) is 33.3. The largest absolute Gasteiger partial charge is 0.507 e. The van der Waals surface area contributed by atoms with Gasteiger partial charge in [-0.2, -0.15) is 0 Å². The molecule has 0 heterocycles. The maximum atomic E-state index is 13.7. The number of phenols is 2. The number of halogens is 1. The number of ketones is 2. The second kappa shape index (κ2) is 7.19. The molecular formula is C22H21ClN2O7. The second-order valence-electron chi connectivity index (χ2n) is 8.35. The van der Waals surface area contributed by atoms with E-state index >= 15 is 0 Å². The van der Waals surface area contributed by atoms with Crippen LogP contribution in [0.5, 0.6) is 11.5 Å². The van der Waals surface area contributed by atoms with Crippen molar-refractivity contribution < 1.29 is 34.0 Å². The fourth-order valence-corrected chi connectivity index (χ4v) is 5.27. The Balaban J connectivity index is 2.09. The van der Waals surface area contributed by atoms with Crippen molar-refractivity contribution in [2.45, 2.75) is 25.0 Å². The Hall–Kier alpha value is -3.14. The molecule has 4 rings (SSSR count). The number of benzene rings is 2. The average molecular weight is 461 g/mol. The number of fused-ring (bicyclic) bond motifs is 3. The molecule has 0 aromatic heterocycles. The third-order valence-electron chi connectivity index (χ3n) is 6.56. The molecule has 10 heteroatoms. The molecule has 3 atom stereocenters. The predicted octanol–water partition coefficient (Wildman–Crippen LogP) is 1.07. The van der Waals surface area contributed by atoms with Crippen molar-refractivity contribution in [3.8, 4) is 11.5 Å². The topological polar surface area (TPSA) is 150 Å². The molecule has 32 heavy (non-hydrogen) atoms. The van der Waals surface area contributed by atoms with Gasteiger partial charge in [-0.05, 0) is 50.0 Å². The van der Waals surface area contributed by atoms with Gasteiger partial charge in [0.25, 0.3) is 5.91 Å². The number of aromatic hydroxyl groups is 2. The first-order valence-corrected chi connectivity index (χ1v) is 10.1. The Morgan fingerprint density at radius 3 is 2.47 bits per heavy atom. The van der Waals surface area contributed by atoms with Crippen molar-refractivity contribution in [1.29, 1.82) is 0 Å². The van der Waals surface area contributed by atoms with Crippen LogP contribution in [0, 0.1) is 12.8 Å². The molecule has 2 aliphatic rings. The Bertz CT molecular complexity index is 1250. The minimum absolute atomic E-state index is 0.0209. The highest BCUT2D eigenvalue weighted by molar-refractivity contribution is 6.33. The van der Waals surface area contributed by atoms with Gasteiger partial charge in [0.2, 0.25) is 11.6 Å². The molecule has 2 aromatic rings. The maximum Gasteiger partial charge on any atom is 0.256 e. The van der Waals surface area contributed by atoms with Gasteiger partial charge in [-0.1, -0.05) is 12.1 Å². The number of hydrogen-bond acceptors (Lipinski definition) is 8. The lowest BCUT2D eigenvalue weighted by molar-refractivity contribution is -0.140. The van der Waals surface area contributed by atoms with Gasteiger partial charge in [-0.25, -0.2) is 0 Å². The number of aliphatic hydroxyl groups is 1. The first-order valence-electron chi connectivity index (χ1n) is 9.75. The van der Waals surface area contributed by atoms with Gasteiger partial charge in [-0.15, -0.1) is 0 Å². The standard InChI is InChI=1S/C22H21ClN2O7/c1-8-9-5-4-6-12(26)13(9)17(27)14-10(8)7-11-16(25(2)3)18(32-23)15(21(24)30)20(29)22(11,31)19(14)28/h4-6,11,16,26-27,31H,7H2,1-3H3,(H2,24,30)/t11-,16-,22-/m0/s1. The van der Waals surface area contributed by atoms with Crippen molar-refractivity contribution in [1.82, 2.24) is 4.90 Å². The van der Waals surface area contributed by atoms with E-state index in [1.807, 2.05) is 0 Å². The lowest BCUT2D eigenvalue weighted by atomic mass is 9.60. The molecule has 2 aromatic carbocycles. The van der Waals surface area contributed by atoms with E-state index in [1.165, 1.54) is 6.07 Å². The van der Waals surface area contributed by atoms with Gasteiger partial charge in [0.15, 0.2) is 11.4 Å². The van der Waals surface area contributed by atoms with E-state index in [0.717, 1.165) is 0 Å². The summed E-state index contributed by atoms with van der Waals surface area (Å²) in [5.74, 6) is -5.68. The van der Waals surface area contributed by atoms with Crippen LogP contribution in [0.1, 0.15) is 21.5 Å². The lowest BCUT2D eigenvalue weighted by Crippen LogP contribution is -2.66. The van der Waals surface area contributed by atoms with E-state index in [1.54, 1.807) is 38.1 Å². The summed E-state index contributed by atoms with van der Waals surface area (Å²) in [5.41, 5.74) is 2.70. The number of carbonyl (C=O) groups is 3. The Morgan fingerprint density at radius 1 is 1.25 bits per heavy atom. The highest BCUT2D eigenvalue weighted by atomic mass is 35.5. The Kier molecular flexibility index (Phi) is 4.96. The predicted molar refractivity (Wildman–Crippen MR) is 114 cm³/mol. The molecule has 2 aliphatic carbocycles. The Morgan fingerprint density at radius 2 is 1.91 bits per heavy atom. The molecule has 0 saturated carbocycles. The highest BCUT2D eigenvalue weighted by Crippen LogP contribution is 2.50. The van der Waals surface area contributed by atoms with Gasteiger partial charge < -0.3 is 25.3 Å². The number of phenolic OH excluding ortho intramolecular Hbond substituents is 2. The van der Waals surface area contributed by atoms with Crippen LogP contribution in [-0.4, -0.2) is 63.4 Å². The molecular weight excluding hydrogens is 440 g/mol. The van der Waals surface area contributed by atoms with Gasteiger partial charge >= 0.3 is 0 Å². The molecule has 9 nitrogen and oxygen atoms in total. The maximum absolute atomic E-state index is 13.7. The number of carbonyl (C=O) groups excluding carboxylic acids is 3. The molecule has 0 saturated heterocycles. The van der Waals surface area contributed by atoms with Crippen molar-refractivity contribution in [2.75, 3.05) is 14.1 Å². The van der Waals surface area contributed by atoms with Crippen LogP contribution in [0.3, 0.4) is 0 Å². The van der Waals surface area contributed by atoms with Gasteiger partial charge in [-0.3, -0.25) is 19.3 Å². The van der Waals surface area contributed by atoms with Crippen molar-refractivity contribution >= 4 is 40.1 Å². The Labute approximate surface area is 187 Å². The molecule has 5 N–H and O–H groups in total. The normalized spacial score (nSPS) is 25.2. The monoisotopic (exact) mass is 460 g/mol. The number of likely N-dealkylation sites (N-methyl/N-ethyl adjacent to an activating group) is 1. The van der Waals surface area contributed by atoms with Crippen LogP contribution >= 0.6 is 11.9 Å². The van der Waals surface area contributed by atoms with Crippen LogP contribution in [0.2, 0.25) is 0 Å². The second-order valence-corrected chi connectivity index (χ2v) is 8.51. The van der Waals surface area contributed by atoms with Crippen LogP contribution in [-0.2, 0) is 20.3 Å². The van der Waals surface area contributed by atoms with E-state index < -0.39 is 46.4 Å². The zero-order valence-electron chi connectivity index (χ0n) is 17.5. The fraction of sp³-hybridized carbons (Fsp3) is 0.318. The number of nitrogens with zero attached hydrogens (tertiary/aromatic N) is 1. The number of primary amides is 1. The minimum atomic E-state index is -2.70. The van der Waals surface area contributed by atoms with Gasteiger partial charge in [0.1, 0.15) is 28.9 Å². The first-order chi connectivity index (χ1) is 15.0. The summed E-state index contributed by atoms with van der Waals surface area (Å²) >= 11 is 5.61. The van der Waals surface area contributed by atoms with Crippen molar-refractivity contribution in [3.63, 3.8) is 0 Å². The number of amides is 1. The lowest BCUT2D eigenvalue weighted by Gasteiger charge is -2.47. The highest BCUT2D eigenvalue weighted by Gasteiger charge is 2.63.